The van der Waals surface area contributed by atoms with E-state index < -0.39 is 0 Å². The summed E-state index contributed by atoms with van der Waals surface area (Å²) in [6.45, 7) is 4.96. The van der Waals surface area contributed by atoms with Crippen LogP contribution in [0.1, 0.15) is 225 Å². The van der Waals surface area contributed by atoms with Crippen molar-refractivity contribution in [2.45, 2.75) is 179 Å². The van der Waals surface area contributed by atoms with Gasteiger partial charge in [-0.15, -0.1) is 0 Å². The van der Waals surface area contributed by atoms with Gasteiger partial charge in [-0.1, -0.05) is 57.0 Å². The number of hydrogen-bond acceptors (Lipinski definition) is 10. The first-order chi connectivity index (χ1) is 38.6. The number of phenols is 1. The number of phenolic OH excluding ortho intramolecular Hbond substituents is 1. The second kappa shape index (κ2) is 24.8. The Morgan fingerprint density at radius 3 is 1.52 bits per heavy atom. The zero-order valence-electron chi connectivity index (χ0n) is 48.4. The Labute approximate surface area is 475 Å². The van der Waals surface area contributed by atoms with Crippen molar-refractivity contribution in [3.8, 4) is 28.7 Å². The van der Waals surface area contributed by atoms with Crippen LogP contribution in [0.15, 0.2) is 91.0 Å². The smallest absolute Gasteiger partial charge is 0.163 e. The van der Waals surface area contributed by atoms with Crippen molar-refractivity contribution in [1.82, 2.24) is 0 Å². The van der Waals surface area contributed by atoms with E-state index in [-0.39, 0.29) is 29.8 Å². The molecule has 8 unspecified atom stereocenters. The summed E-state index contributed by atoms with van der Waals surface area (Å²) in [5.41, 5.74) is 12.2. The number of aryl methyl sites for hydroxylation is 3. The molecule has 11 atom stereocenters. The number of benzene rings is 5. The van der Waals surface area contributed by atoms with Crippen LogP contribution in [0.5, 0.6) is 28.7 Å². The van der Waals surface area contributed by atoms with Crippen LogP contribution >= 0.6 is 0 Å². The van der Waals surface area contributed by atoms with Crippen LogP contribution < -0.4 is 18.9 Å². The second-order valence-electron chi connectivity index (χ2n) is 25.3. The molecule has 428 valence electrons. The van der Waals surface area contributed by atoms with Crippen molar-refractivity contribution in [3.05, 3.63) is 147 Å². The molecule has 9 aliphatic carbocycles. The summed E-state index contributed by atoms with van der Waals surface area (Å²) in [7, 11) is 6.64. The summed E-state index contributed by atoms with van der Waals surface area (Å²) < 4.78 is 20.8. The molecule has 0 aliphatic heterocycles. The summed E-state index contributed by atoms with van der Waals surface area (Å²) >= 11 is 0. The fraction of sp³-hybridized carbons (Fsp3) is 0.543. The number of fused-ring (bicyclic) bond motifs is 13. The minimum atomic E-state index is -0.374. The van der Waals surface area contributed by atoms with Crippen LogP contribution in [0.4, 0.5) is 0 Å². The van der Waals surface area contributed by atoms with Crippen LogP contribution in [0.25, 0.3) is 0 Å². The predicted octanol–water partition coefficient (Wildman–Crippen LogP) is 15.1. The molecule has 10 nitrogen and oxygen atoms in total. The van der Waals surface area contributed by atoms with Crippen LogP contribution in [-0.2, 0) is 19.3 Å². The van der Waals surface area contributed by atoms with Gasteiger partial charge in [0.2, 0.25) is 0 Å². The van der Waals surface area contributed by atoms with Crippen LogP contribution in [0.2, 0.25) is 0 Å². The van der Waals surface area contributed by atoms with Gasteiger partial charge in [-0.2, -0.15) is 0 Å². The molecule has 4 N–H and O–H groups in total. The zero-order valence-corrected chi connectivity index (χ0v) is 48.4. The average Bonchev–Trinajstić information content (AvgIpc) is 4.10. The highest BCUT2D eigenvalue weighted by molar-refractivity contribution is 6.00. The van der Waals surface area contributed by atoms with E-state index in [1.54, 1.807) is 40.6 Å². The van der Waals surface area contributed by atoms with E-state index in [1.165, 1.54) is 86.5 Å². The number of rotatable bonds is 4. The molecule has 5 aromatic rings. The number of aromatic hydroxyl groups is 1. The Kier molecular flexibility index (Phi) is 17.8. The highest BCUT2D eigenvalue weighted by atomic mass is 16.5. The molecule has 0 radical (unpaired) electrons. The molecule has 14 rings (SSSR count). The van der Waals surface area contributed by atoms with Gasteiger partial charge in [0.15, 0.2) is 11.6 Å². The molecule has 0 amide bonds. The minimum absolute atomic E-state index is 0.245. The van der Waals surface area contributed by atoms with Crippen molar-refractivity contribution >= 4 is 11.6 Å². The molecule has 4 saturated carbocycles. The summed E-state index contributed by atoms with van der Waals surface area (Å²) in [5, 5.41) is 39.2. The number of methoxy groups -OCH3 is 4. The van der Waals surface area contributed by atoms with Crippen molar-refractivity contribution in [3.63, 3.8) is 0 Å². The van der Waals surface area contributed by atoms with E-state index in [4.69, 9.17) is 18.9 Å². The Hall–Kier alpha value is -5.68. The molecule has 0 bridgehead atoms. The maximum Gasteiger partial charge on any atom is 0.163 e. The number of Topliss-reactive ketones (excluding diaryl/α,β-unsaturated/α-hetero) is 2. The third-order valence-electron chi connectivity index (χ3n) is 20.9. The van der Waals surface area contributed by atoms with Gasteiger partial charge in [-0.05, 0) is 261 Å². The maximum atomic E-state index is 12.6. The van der Waals surface area contributed by atoms with Gasteiger partial charge in [-0.3, -0.25) is 9.59 Å². The second-order valence-corrected chi connectivity index (χ2v) is 25.3. The standard InChI is InChI=1S/C19H26O2.C19H24O2.C11H14O2.C11H12O2.C10H12O2/c2*1-19-8-3-4-17(19)15-11-18(20)16-10-12(21-2)5-6-13(16)14(15)7-9-19;2*1-13-9-6-5-8-3-2-4-11(12)10(8)7-9;11-8-5-4-7-2-1-3-10(12)9(7)6-8/h5-6,10,14-15,17-18,20H,3-4,7-9,11H2,1-2H3;5-6,10,14-15,17H,3-4,7-9,11H2,1-2H3;5-7,11-12H,2-4H2,1H3;5-7H,2-4H2,1H3;4-6,10-12H,1-3H2/t14?,15?,17?,18?,19-;14?,15?,17?,19-;;;10-/m00..1/s1. The fourth-order valence-corrected chi connectivity index (χ4v) is 16.6. The van der Waals surface area contributed by atoms with Gasteiger partial charge < -0.3 is 39.4 Å². The largest absolute Gasteiger partial charge is 0.508 e. The van der Waals surface area contributed by atoms with Crippen molar-refractivity contribution < 1.29 is 49.0 Å². The lowest BCUT2D eigenvalue weighted by Gasteiger charge is -2.50. The molecule has 0 aromatic heterocycles. The van der Waals surface area contributed by atoms with Crippen molar-refractivity contribution in [2.24, 2.45) is 34.5 Å². The molecular weight excluding hydrogens is 1000 g/mol. The normalized spacial score (nSPS) is 29.8. The molecule has 0 heterocycles. The van der Waals surface area contributed by atoms with Crippen LogP contribution in [0, 0.1) is 34.5 Å². The highest BCUT2D eigenvalue weighted by Gasteiger charge is 2.53. The van der Waals surface area contributed by atoms with E-state index >= 15 is 0 Å². The Morgan fingerprint density at radius 1 is 0.425 bits per heavy atom. The lowest BCUT2D eigenvalue weighted by atomic mass is 9.55. The van der Waals surface area contributed by atoms with Gasteiger partial charge >= 0.3 is 0 Å². The summed E-state index contributed by atoms with van der Waals surface area (Å²) in [6.07, 6.45) is 22.8. The number of carbonyl (C=O) groups excluding carboxylic acids is 2. The van der Waals surface area contributed by atoms with Gasteiger partial charge in [0, 0.05) is 24.0 Å². The monoisotopic (exact) mass is 1090 g/mol. The SMILES string of the molecule is COc1ccc2c(c1)C(=O)CC1C2CC[C@]2(C)CCCC12.COc1ccc2c(c1)C(=O)CCC2.COc1ccc2c(c1)C(O)CC1C2CC[C@]2(C)CCCC12.COc1ccc2c(c1)C(O)CCC2.Oc1ccc2c(c1)[C@H](O)CCC2. The first-order valence-corrected chi connectivity index (χ1v) is 30.3. The van der Waals surface area contributed by atoms with E-state index in [0.29, 0.717) is 46.7 Å². The molecule has 80 heavy (non-hydrogen) atoms. The molecular formula is C70H88O10. The highest BCUT2D eigenvalue weighted by Crippen LogP contribution is 2.63. The van der Waals surface area contributed by atoms with Gasteiger partial charge in [0.25, 0.3) is 0 Å². The van der Waals surface area contributed by atoms with E-state index in [1.807, 2.05) is 48.5 Å². The lowest BCUT2D eigenvalue weighted by molar-refractivity contribution is 0.0180. The summed E-state index contributed by atoms with van der Waals surface area (Å²) in [5.74, 6) is 8.21. The molecule has 5 aromatic carbocycles. The predicted molar refractivity (Wildman–Crippen MR) is 313 cm³/mol. The molecule has 0 saturated heterocycles. The summed E-state index contributed by atoms with van der Waals surface area (Å²) in [4.78, 5) is 24.1. The van der Waals surface area contributed by atoms with Crippen molar-refractivity contribution in [1.29, 1.82) is 0 Å². The van der Waals surface area contributed by atoms with Crippen molar-refractivity contribution in [2.75, 3.05) is 28.4 Å². The molecule has 10 heteroatoms. The third-order valence-corrected chi connectivity index (χ3v) is 20.9. The number of carbonyl (C=O) groups is 2. The first-order valence-electron chi connectivity index (χ1n) is 30.3. The topological polar surface area (TPSA) is 152 Å². The van der Waals surface area contributed by atoms with Gasteiger partial charge in [-0.25, -0.2) is 0 Å². The van der Waals surface area contributed by atoms with E-state index in [9.17, 15) is 30.0 Å². The van der Waals surface area contributed by atoms with Gasteiger partial charge in [0.05, 0.1) is 46.8 Å². The van der Waals surface area contributed by atoms with Gasteiger partial charge in [0.1, 0.15) is 28.7 Å². The fourth-order valence-electron chi connectivity index (χ4n) is 16.6. The van der Waals surface area contributed by atoms with E-state index in [0.717, 1.165) is 132 Å². The van der Waals surface area contributed by atoms with Crippen LogP contribution in [0.3, 0.4) is 0 Å². The number of aliphatic hydroxyl groups excluding tert-OH is 3. The minimum Gasteiger partial charge on any atom is -0.508 e. The number of ether oxygens (including phenoxy) is 4. The maximum absolute atomic E-state index is 12.6. The van der Waals surface area contributed by atoms with Crippen LogP contribution in [-0.4, -0.2) is 60.4 Å². The van der Waals surface area contributed by atoms with E-state index in [2.05, 4.69) is 44.2 Å². The lowest BCUT2D eigenvalue weighted by Crippen LogP contribution is -2.41. The third kappa shape index (κ3) is 12.0. The zero-order chi connectivity index (χ0) is 56.3. The number of hydrogen-bond donors (Lipinski definition) is 4. The molecule has 4 fully saturated rings. The molecule has 9 aliphatic rings. The Balaban J connectivity index is 0.000000115. The Bertz CT molecular complexity index is 3000. The summed E-state index contributed by atoms with van der Waals surface area (Å²) in [6, 6.07) is 29.4. The quantitative estimate of drug-likeness (QED) is 0.137. The average molecular weight is 1090 g/mol. The molecule has 0 spiro atoms. The number of aliphatic hydroxyl groups is 3. The Morgan fingerprint density at radius 2 is 0.912 bits per heavy atom. The first kappa shape index (κ1) is 57.6. The number of ketones is 2.